The van der Waals surface area contributed by atoms with Gasteiger partial charge in [-0.25, -0.2) is 0 Å². The van der Waals surface area contributed by atoms with E-state index in [-0.39, 0.29) is 29.2 Å². The van der Waals surface area contributed by atoms with Gasteiger partial charge in [-0.3, -0.25) is 14.4 Å². The van der Waals surface area contributed by atoms with Crippen LogP contribution in [0.15, 0.2) is 0 Å². The third-order valence-corrected chi connectivity index (χ3v) is 9.79. The minimum atomic E-state index is -2.07. The molecule has 174 valence electrons. The highest BCUT2D eigenvalue weighted by molar-refractivity contribution is 6.76. The molecule has 0 aliphatic heterocycles. The van der Waals surface area contributed by atoms with E-state index >= 15 is 0 Å². The molecule has 0 spiro atoms. The Morgan fingerprint density at radius 1 is 1.03 bits per heavy atom. The summed E-state index contributed by atoms with van der Waals surface area (Å²) in [6.07, 6.45) is 7.63. The second kappa shape index (κ2) is 8.06. The molecule has 8 heteroatoms. The highest BCUT2D eigenvalue weighted by atomic mass is 35.6. The Hall–Kier alpha value is -0.520. The van der Waals surface area contributed by atoms with Gasteiger partial charge in [0, 0.05) is 12.3 Å². The zero-order valence-electron chi connectivity index (χ0n) is 18.4. The molecular formula is C23H32Cl3NO4. The van der Waals surface area contributed by atoms with Crippen molar-refractivity contribution in [2.75, 3.05) is 0 Å². The SMILES string of the molecule is CC(=O)O[C@H]1CC[C@@]2(C)[C@@H](CC[C@@H]3[C@@H]2CC[C@]2(C)C(=O)[C@@H](NC(=O)C(Cl)(Cl)Cl)C[C@@H]32)C1. The second-order valence-electron chi connectivity index (χ2n) is 10.7. The molecule has 0 unspecified atom stereocenters. The molecule has 0 aromatic rings. The van der Waals surface area contributed by atoms with Crippen molar-refractivity contribution in [1.82, 2.24) is 5.32 Å². The van der Waals surface area contributed by atoms with Crippen LogP contribution in [0.3, 0.4) is 0 Å². The minimum Gasteiger partial charge on any atom is -0.463 e. The van der Waals surface area contributed by atoms with E-state index in [2.05, 4.69) is 19.2 Å². The molecule has 0 radical (unpaired) electrons. The molecule has 31 heavy (non-hydrogen) atoms. The lowest BCUT2D eigenvalue weighted by Gasteiger charge is -2.60. The fraction of sp³-hybridized carbons (Fsp3) is 0.870. The number of carbonyl (C=O) groups excluding carboxylic acids is 3. The predicted molar refractivity (Wildman–Crippen MR) is 120 cm³/mol. The highest BCUT2D eigenvalue weighted by Gasteiger charge is 2.62. The molecule has 0 aromatic heterocycles. The Morgan fingerprint density at radius 2 is 1.74 bits per heavy atom. The summed E-state index contributed by atoms with van der Waals surface area (Å²) in [5, 5.41) is 2.70. The summed E-state index contributed by atoms with van der Waals surface area (Å²) in [6.45, 7) is 5.98. The number of rotatable bonds is 2. The molecule has 0 bridgehead atoms. The lowest BCUT2D eigenvalue weighted by molar-refractivity contribution is -0.160. The molecule has 4 saturated carbocycles. The fourth-order valence-electron chi connectivity index (χ4n) is 7.74. The number of ether oxygens (including phenoxy) is 1. The Kier molecular flexibility index (Phi) is 6.14. The van der Waals surface area contributed by atoms with Crippen molar-refractivity contribution in [3.63, 3.8) is 0 Å². The van der Waals surface area contributed by atoms with Crippen molar-refractivity contribution in [2.45, 2.75) is 88.1 Å². The van der Waals surface area contributed by atoms with Crippen molar-refractivity contribution in [2.24, 2.45) is 34.5 Å². The fourth-order valence-corrected chi connectivity index (χ4v) is 7.91. The van der Waals surface area contributed by atoms with Crippen molar-refractivity contribution < 1.29 is 19.1 Å². The van der Waals surface area contributed by atoms with E-state index in [9.17, 15) is 14.4 Å². The van der Waals surface area contributed by atoms with E-state index in [1.165, 1.54) is 6.92 Å². The molecule has 1 amide bonds. The Bertz CT molecular complexity index is 783. The molecule has 0 heterocycles. The summed E-state index contributed by atoms with van der Waals surface area (Å²) in [6, 6.07) is -0.581. The summed E-state index contributed by atoms with van der Waals surface area (Å²) in [5.41, 5.74) is -0.215. The summed E-state index contributed by atoms with van der Waals surface area (Å²) in [4.78, 5) is 37.0. The molecule has 0 aromatic carbocycles. The molecule has 0 saturated heterocycles. The van der Waals surface area contributed by atoms with E-state index in [0.29, 0.717) is 24.2 Å². The average molecular weight is 493 g/mol. The van der Waals surface area contributed by atoms with Gasteiger partial charge in [0.2, 0.25) is 0 Å². The van der Waals surface area contributed by atoms with Crippen LogP contribution in [0.1, 0.15) is 72.1 Å². The largest absolute Gasteiger partial charge is 0.463 e. The molecule has 4 rings (SSSR count). The van der Waals surface area contributed by atoms with Crippen molar-refractivity contribution in [3.8, 4) is 0 Å². The van der Waals surface area contributed by atoms with E-state index in [1.807, 2.05) is 0 Å². The number of alkyl halides is 3. The topological polar surface area (TPSA) is 72.5 Å². The maximum atomic E-state index is 13.3. The van der Waals surface area contributed by atoms with Crippen LogP contribution in [-0.4, -0.2) is 33.6 Å². The van der Waals surface area contributed by atoms with Crippen molar-refractivity contribution >= 4 is 52.5 Å². The number of esters is 1. The van der Waals surface area contributed by atoms with Crippen molar-refractivity contribution in [3.05, 3.63) is 0 Å². The lowest BCUT2D eigenvalue weighted by Crippen LogP contribution is -2.54. The molecule has 4 aliphatic rings. The first kappa shape index (κ1) is 23.6. The molecule has 5 nitrogen and oxygen atoms in total. The smallest absolute Gasteiger partial charge is 0.302 e. The van der Waals surface area contributed by atoms with Gasteiger partial charge in [-0.05, 0) is 80.5 Å². The predicted octanol–water partition coefficient (Wildman–Crippen LogP) is 4.99. The van der Waals surface area contributed by atoms with Gasteiger partial charge in [-0.1, -0.05) is 48.7 Å². The highest BCUT2D eigenvalue weighted by Crippen LogP contribution is 2.65. The van der Waals surface area contributed by atoms with Crippen LogP contribution in [0.4, 0.5) is 0 Å². The second-order valence-corrected chi connectivity index (χ2v) is 13.0. The lowest BCUT2D eigenvalue weighted by atomic mass is 9.45. The van der Waals surface area contributed by atoms with Gasteiger partial charge in [0.25, 0.3) is 9.70 Å². The summed E-state index contributed by atoms with van der Waals surface area (Å²) < 4.78 is 3.48. The molecule has 8 atom stereocenters. The number of nitrogens with one attached hydrogen (secondary N) is 1. The molecular weight excluding hydrogens is 461 g/mol. The van der Waals surface area contributed by atoms with Gasteiger partial charge in [0.1, 0.15) is 6.10 Å². The molecule has 4 aliphatic carbocycles. The Labute approximate surface area is 199 Å². The monoisotopic (exact) mass is 491 g/mol. The zero-order valence-corrected chi connectivity index (χ0v) is 20.7. The maximum Gasteiger partial charge on any atom is 0.302 e. The van der Waals surface area contributed by atoms with Gasteiger partial charge < -0.3 is 10.1 Å². The van der Waals surface area contributed by atoms with Gasteiger partial charge >= 0.3 is 5.97 Å². The van der Waals surface area contributed by atoms with Crippen molar-refractivity contribution in [1.29, 1.82) is 0 Å². The summed E-state index contributed by atoms with van der Waals surface area (Å²) in [7, 11) is 0. The maximum absolute atomic E-state index is 13.3. The van der Waals surface area contributed by atoms with Gasteiger partial charge in [-0.2, -0.15) is 0 Å². The van der Waals surface area contributed by atoms with Crippen LogP contribution in [0.5, 0.6) is 0 Å². The van der Waals surface area contributed by atoms with Crippen LogP contribution in [0.25, 0.3) is 0 Å². The number of amides is 1. The van der Waals surface area contributed by atoms with E-state index in [4.69, 9.17) is 39.5 Å². The van der Waals surface area contributed by atoms with Crippen LogP contribution in [0, 0.1) is 34.5 Å². The standard InChI is InChI=1S/C23H32Cl3NO4/c1-12(28)31-14-6-8-21(2)13(10-14)4-5-15-16(21)7-9-22(3)17(15)11-18(19(22)29)27-20(30)23(24,25)26/h13-18H,4-11H2,1-3H3,(H,27,30)/t13-,14-,15+,16-,17-,18-,21-,22-/m0/s1. The van der Waals surface area contributed by atoms with Crippen LogP contribution >= 0.6 is 34.8 Å². The van der Waals surface area contributed by atoms with Gasteiger partial charge in [0.05, 0.1) is 6.04 Å². The number of fused-ring (bicyclic) bond motifs is 5. The quantitative estimate of drug-likeness (QED) is 0.435. The third kappa shape index (κ3) is 4.01. The number of hydrogen-bond donors (Lipinski definition) is 1. The first-order chi connectivity index (χ1) is 14.4. The number of carbonyl (C=O) groups is 3. The van der Waals surface area contributed by atoms with Crippen LogP contribution < -0.4 is 5.32 Å². The molecule has 4 fully saturated rings. The van der Waals surface area contributed by atoms with E-state index < -0.39 is 21.2 Å². The van der Waals surface area contributed by atoms with E-state index in [0.717, 1.165) is 44.9 Å². The summed E-state index contributed by atoms with van der Waals surface area (Å²) in [5.74, 6) is 0.972. The minimum absolute atomic E-state index is 0.0376. The summed E-state index contributed by atoms with van der Waals surface area (Å²) >= 11 is 17.2. The first-order valence-corrected chi connectivity index (χ1v) is 12.6. The van der Waals surface area contributed by atoms with Crippen LogP contribution in [0.2, 0.25) is 0 Å². The van der Waals surface area contributed by atoms with Crippen LogP contribution in [-0.2, 0) is 19.1 Å². The average Bonchev–Trinajstić information content (AvgIpc) is 2.92. The van der Waals surface area contributed by atoms with Gasteiger partial charge in [-0.15, -0.1) is 0 Å². The zero-order chi connectivity index (χ0) is 22.8. The van der Waals surface area contributed by atoms with Gasteiger partial charge in [0.15, 0.2) is 5.78 Å². The Balaban J connectivity index is 1.51. The number of ketones is 1. The number of hydrogen-bond acceptors (Lipinski definition) is 4. The number of Topliss-reactive ketones (excluding diaryl/α,β-unsaturated/α-hetero) is 1. The number of halogens is 3. The normalized spacial score (nSPS) is 44.6. The Morgan fingerprint density at radius 3 is 2.39 bits per heavy atom. The third-order valence-electron chi connectivity index (χ3n) is 9.27. The first-order valence-electron chi connectivity index (χ1n) is 11.5. The molecule has 1 N–H and O–H groups in total. The van der Waals surface area contributed by atoms with E-state index in [1.54, 1.807) is 0 Å².